The van der Waals surface area contributed by atoms with Crippen LogP contribution in [0.4, 0.5) is 0 Å². The second-order valence-electron chi connectivity index (χ2n) is 4.14. The maximum Gasteiger partial charge on any atom is 0.123 e. The number of fused-ring (bicyclic) bond motifs is 1. The van der Waals surface area contributed by atoms with Gasteiger partial charge in [-0.1, -0.05) is 12.7 Å². The monoisotopic (exact) mass is 218 g/mol. The van der Waals surface area contributed by atoms with Gasteiger partial charge in [0.05, 0.1) is 18.4 Å². The van der Waals surface area contributed by atoms with E-state index in [0.717, 1.165) is 36.7 Å². The zero-order valence-electron chi connectivity index (χ0n) is 9.90. The summed E-state index contributed by atoms with van der Waals surface area (Å²) in [5.74, 6) is 1.10. The van der Waals surface area contributed by atoms with Crippen LogP contribution in [0.5, 0.6) is 0 Å². The molecule has 1 aliphatic rings. The number of nitrogens with one attached hydrogen (secondary N) is 1. The molecule has 0 unspecified atom stereocenters. The highest BCUT2D eigenvalue weighted by molar-refractivity contribution is 5.71. The smallest absolute Gasteiger partial charge is 0.123 e. The summed E-state index contributed by atoms with van der Waals surface area (Å²) in [6, 6.07) is 0. The summed E-state index contributed by atoms with van der Waals surface area (Å²) in [6.07, 6.45) is 5.88. The lowest BCUT2D eigenvalue weighted by Gasteiger charge is -2.18. The van der Waals surface area contributed by atoms with Crippen LogP contribution < -0.4 is 5.32 Å². The van der Waals surface area contributed by atoms with Crippen LogP contribution in [0, 0.1) is 0 Å². The molecule has 4 heteroatoms. The van der Waals surface area contributed by atoms with Crippen LogP contribution in [0.15, 0.2) is 25.1 Å². The minimum atomic E-state index is 0.854. The Balaban J connectivity index is 2.39. The van der Waals surface area contributed by atoms with Crippen molar-refractivity contribution >= 4 is 5.57 Å². The van der Waals surface area contributed by atoms with Crippen molar-refractivity contribution in [3.05, 3.63) is 36.6 Å². The van der Waals surface area contributed by atoms with Gasteiger partial charge in [0.25, 0.3) is 0 Å². The second kappa shape index (κ2) is 4.53. The van der Waals surface area contributed by atoms with Crippen molar-refractivity contribution in [2.45, 2.75) is 13.1 Å². The molecule has 0 atom stereocenters. The quantitative estimate of drug-likeness (QED) is 0.771. The Hall–Kier alpha value is -1.55. The Kier molecular flexibility index (Phi) is 3.10. The van der Waals surface area contributed by atoms with Crippen molar-refractivity contribution in [1.29, 1.82) is 0 Å². The summed E-state index contributed by atoms with van der Waals surface area (Å²) >= 11 is 0. The Morgan fingerprint density at radius 2 is 2.44 bits per heavy atom. The van der Waals surface area contributed by atoms with Gasteiger partial charge in [-0.25, -0.2) is 4.98 Å². The van der Waals surface area contributed by atoms with Crippen molar-refractivity contribution in [3.63, 3.8) is 0 Å². The van der Waals surface area contributed by atoms with Gasteiger partial charge in [-0.15, -0.1) is 0 Å². The predicted octanol–water partition coefficient (Wildman–Crippen LogP) is 1.07. The van der Waals surface area contributed by atoms with Gasteiger partial charge >= 0.3 is 0 Å². The van der Waals surface area contributed by atoms with Crippen LogP contribution in [0.2, 0.25) is 0 Å². The Bertz CT molecular complexity index is 415. The van der Waals surface area contributed by atoms with E-state index in [1.807, 2.05) is 31.3 Å². The van der Waals surface area contributed by atoms with Crippen molar-refractivity contribution < 1.29 is 0 Å². The summed E-state index contributed by atoms with van der Waals surface area (Å²) in [5.41, 5.74) is 2.27. The number of imidazole rings is 1. The van der Waals surface area contributed by atoms with Crippen molar-refractivity contribution in [1.82, 2.24) is 19.8 Å². The van der Waals surface area contributed by atoms with Gasteiger partial charge in [-0.05, 0) is 0 Å². The van der Waals surface area contributed by atoms with Crippen LogP contribution in [0.1, 0.15) is 11.5 Å². The van der Waals surface area contributed by atoms with Gasteiger partial charge in [-0.3, -0.25) is 0 Å². The number of hydrogen-bond acceptors (Lipinski definition) is 3. The minimum Gasteiger partial charge on any atom is -0.383 e. The maximum absolute atomic E-state index is 4.43. The lowest BCUT2D eigenvalue weighted by molar-refractivity contribution is 0.502. The lowest BCUT2D eigenvalue weighted by Crippen LogP contribution is -2.29. The molecule has 0 bridgehead atoms. The fraction of sp³-hybridized carbons (Fsp3) is 0.417. The molecule has 0 saturated heterocycles. The van der Waals surface area contributed by atoms with E-state index in [1.54, 1.807) is 0 Å². The van der Waals surface area contributed by atoms with Gasteiger partial charge in [0.2, 0.25) is 0 Å². The molecule has 0 radical (unpaired) electrons. The average Bonchev–Trinajstić information content (AvgIpc) is 2.69. The van der Waals surface area contributed by atoms with E-state index in [0.29, 0.717) is 0 Å². The SMILES string of the molecule is C=C/C(=C\N(C)C)c1cnc2n1CCNC2. The molecule has 0 aliphatic carbocycles. The van der Waals surface area contributed by atoms with E-state index in [1.165, 1.54) is 0 Å². The van der Waals surface area contributed by atoms with Gasteiger partial charge < -0.3 is 14.8 Å². The van der Waals surface area contributed by atoms with Crippen LogP contribution >= 0.6 is 0 Å². The highest BCUT2D eigenvalue weighted by Crippen LogP contribution is 2.19. The molecule has 1 N–H and O–H groups in total. The topological polar surface area (TPSA) is 33.1 Å². The summed E-state index contributed by atoms with van der Waals surface area (Å²) < 4.78 is 2.26. The second-order valence-corrected chi connectivity index (χ2v) is 4.14. The van der Waals surface area contributed by atoms with E-state index in [2.05, 4.69) is 27.6 Å². The zero-order valence-corrected chi connectivity index (χ0v) is 9.90. The van der Waals surface area contributed by atoms with Gasteiger partial charge in [0, 0.05) is 39.0 Å². The predicted molar refractivity (Wildman–Crippen MR) is 65.8 cm³/mol. The Morgan fingerprint density at radius 1 is 1.62 bits per heavy atom. The average molecular weight is 218 g/mol. The Labute approximate surface area is 96.3 Å². The first-order valence-corrected chi connectivity index (χ1v) is 5.48. The summed E-state index contributed by atoms with van der Waals surface area (Å²) in [6.45, 7) is 6.70. The van der Waals surface area contributed by atoms with Gasteiger partial charge in [0.1, 0.15) is 5.82 Å². The highest BCUT2D eigenvalue weighted by Gasteiger charge is 2.14. The van der Waals surface area contributed by atoms with Crippen LogP contribution in [-0.2, 0) is 13.1 Å². The third-order valence-corrected chi connectivity index (χ3v) is 2.65. The largest absolute Gasteiger partial charge is 0.383 e. The fourth-order valence-corrected chi connectivity index (χ4v) is 1.93. The standard InChI is InChI=1S/C12H18N4/c1-4-10(9-15(2)3)11-7-14-12-8-13-5-6-16(11)12/h4,7,9,13H,1,5-6,8H2,2-3H3/b10-9+. The molecule has 86 valence electrons. The molecule has 0 spiro atoms. The number of nitrogens with zero attached hydrogens (tertiary/aromatic N) is 3. The van der Waals surface area contributed by atoms with E-state index in [9.17, 15) is 0 Å². The third kappa shape index (κ3) is 2.02. The maximum atomic E-state index is 4.43. The first-order valence-electron chi connectivity index (χ1n) is 5.48. The van der Waals surface area contributed by atoms with E-state index in [-0.39, 0.29) is 0 Å². The first-order chi connectivity index (χ1) is 7.72. The summed E-state index contributed by atoms with van der Waals surface area (Å²) in [5, 5.41) is 3.31. The normalized spacial score (nSPS) is 15.8. The van der Waals surface area contributed by atoms with Crippen LogP contribution in [-0.4, -0.2) is 35.1 Å². The zero-order chi connectivity index (χ0) is 11.5. The molecule has 2 heterocycles. The molecule has 0 amide bonds. The molecular formula is C12H18N4. The van der Waals surface area contributed by atoms with Gasteiger partial charge in [-0.2, -0.15) is 0 Å². The molecule has 0 saturated carbocycles. The number of aromatic nitrogens is 2. The minimum absolute atomic E-state index is 0.854. The molecular weight excluding hydrogens is 200 g/mol. The molecule has 1 aliphatic heterocycles. The molecule has 1 aromatic heterocycles. The fourth-order valence-electron chi connectivity index (χ4n) is 1.93. The highest BCUT2D eigenvalue weighted by atomic mass is 15.2. The van der Waals surface area contributed by atoms with E-state index >= 15 is 0 Å². The molecule has 0 fully saturated rings. The van der Waals surface area contributed by atoms with Crippen LogP contribution in [0.3, 0.4) is 0 Å². The molecule has 0 aromatic carbocycles. The number of allylic oxidation sites excluding steroid dienone is 2. The van der Waals surface area contributed by atoms with Gasteiger partial charge in [0.15, 0.2) is 0 Å². The molecule has 1 aromatic rings. The van der Waals surface area contributed by atoms with E-state index < -0.39 is 0 Å². The number of hydrogen-bond donors (Lipinski definition) is 1. The lowest BCUT2D eigenvalue weighted by atomic mass is 10.2. The third-order valence-electron chi connectivity index (χ3n) is 2.65. The Morgan fingerprint density at radius 3 is 3.12 bits per heavy atom. The molecule has 16 heavy (non-hydrogen) atoms. The molecule has 4 nitrogen and oxygen atoms in total. The summed E-state index contributed by atoms with van der Waals surface area (Å²) in [4.78, 5) is 6.45. The van der Waals surface area contributed by atoms with Crippen molar-refractivity contribution in [3.8, 4) is 0 Å². The summed E-state index contributed by atoms with van der Waals surface area (Å²) in [7, 11) is 4.02. The number of rotatable bonds is 3. The molecule has 2 rings (SSSR count). The first kappa shape index (κ1) is 11.0. The van der Waals surface area contributed by atoms with Crippen molar-refractivity contribution in [2.75, 3.05) is 20.6 Å². The van der Waals surface area contributed by atoms with Crippen molar-refractivity contribution in [2.24, 2.45) is 0 Å². The van der Waals surface area contributed by atoms with E-state index in [4.69, 9.17) is 0 Å². The van der Waals surface area contributed by atoms with Crippen LogP contribution in [0.25, 0.3) is 5.57 Å².